The number of nitrogens with zero attached hydrogens (tertiary/aromatic N) is 2. The van der Waals surface area contributed by atoms with Crippen molar-refractivity contribution in [3.05, 3.63) is 44.9 Å². The van der Waals surface area contributed by atoms with Gasteiger partial charge in [0.1, 0.15) is 4.83 Å². The number of fused-ring (bicyclic) bond motifs is 1. The maximum atomic E-state index is 13.2. The fourth-order valence-electron chi connectivity index (χ4n) is 3.68. The molecule has 0 aliphatic heterocycles. The van der Waals surface area contributed by atoms with Gasteiger partial charge in [-0.2, -0.15) is 0 Å². The highest BCUT2D eigenvalue weighted by Gasteiger charge is 2.18. The number of hydrogen-bond donors (Lipinski definition) is 1. The Labute approximate surface area is 188 Å². The molecule has 30 heavy (non-hydrogen) atoms. The highest BCUT2D eigenvalue weighted by molar-refractivity contribution is 7.99. The first-order valence-corrected chi connectivity index (χ1v) is 13.0. The van der Waals surface area contributed by atoms with Crippen LogP contribution in [0.25, 0.3) is 20.7 Å². The van der Waals surface area contributed by atoms with Gasteiger partial charge in [-0.15, -0.1) is 22.7 Å². The van der Waals surface area contributed by atoms with E-state index in [0.29, 0.717) is 23.6 Å². The summed E-state index contributed by atoms with van der Waals surface area (Å²) in [4.78, 5) is 32.0. The number of rotatable bonds is 8. The van der Waals surface area contributed by atoms with E-state index in [1.165, 1.54) is 47.9 Å². The van der Waals surface area contributed by atoms with Gasteiger partial charge < -0.3 is 5.32 Å². The van der Waals surface area contributed by atoms with Crippen LogP contribution in [0.2, 0.25) is 0 Å². The van der Waals surface area contributed by atoms with Gasteiger partial charge in [0.15, 0.2) is 5.16 Å². The van der Waals surface area contributed by atoms with Crippen LogP contribution in [-0.4, -0.2) is 27.8 Å². The van der Waals surface area contributed by atoms with Crippen molar-refractivity contribution in [3.8, 4) is 10.4 Å². The minimum atomic E-state index is -0.0284. The van der Waals surface area contributed by atoms with E-state index in [4.69, 9.17) is 4.98 Å². The van der Waals surface area contributed by atoms with Gasteiger partial charge >= 0.3 is 0 Å². The highest BCUT2D eigenvalue weighted by Crippen LogP contribution is 2.34. The van der Waals surface area contributed by atoms with Crippen molar-refractivity contribution in [2.45, 2.75) is 50.7 Å². The molecule has 0 spiro atoms. The maximum Gasteiger partial charge on any atom is 0.263 e. The average Bonchev–Trinajstić information content (AvgIpc) is 3.43. The number of allylic oxidation sites excluding steroid dienone is 1. The second-order valence-corrected chi connectivity index (χ2v) is 10.00. The molecule has 0 radical (unpaired) electrons. The third-order valence-corrected chi connectivity index (χ3v) is 8.00. The zero-order valence-electron chi connectivity index (χ0n) is 17.0. The van der Waals surface area contributed by atoms with Crippen LogP contribution in [0.1, 0.15) is 39.0 Å². The third kappa shape index (κ3) is 4.71. The van der Waals surface area contributed by atoms with E-state index < -0.39 is 0 Å². The lowest BCUT2D eigenvalue weighted by Crippen LogP contribution is -2.27. The van der Waals surface area contributed by atoms with Crippen molar-refractivity contribution in [3.63, 3.8) is 0 Å². The molecule has 0 aromatic carbocycles. The van der Waals surface area contributed by atoms with Crippen molar-refractivity contribution in [2.75, 3.05) is 12.3 Å². The third-order valence-electron chi connectivity index (χ3n) is 5.25. The van der Waals surface area contributed by atoms with E-state index in [2.05, 4.69) is 11.4 Å². The van der Waals surface area contributed by atoms with Crippen LogP contribution in [0, 0.1) is 0 Å². The van der Waals surface area contributed by atoms with Crippen LogP contribution < -0.4 is 10.9 Å². The molecular weight excluding hydrogens is 434 g/mol. The summed E-state index contributed by atoms with van der Waals surface area (Å²) < 4.78 is 1.68. The van der Waals surface area contributed by atoms with Crippen LogP contribution >= 0.6 is 34.4 Å². The fraction of sp³-hybridized carbons (Fsp3) is 0.409. The molecule has 0 saturated carbocycles. The number of thiophene rings is 2. The van der Waals surface area contributed by atoms with Gasteiger partial charge in [0, 0.05) is 28.9 Å². The Kier molecular flexibility index (Phi) is 7.07. The Bertz CT molecular complexity index is 1110. The molecule has 1 N–H and O–H groups in total. The number of nitrogens with one attached hydrogen (secondary N) is 1. The Morgan fingerprint density at radius 2 is 2.23 bits per heavy atom. The van der Waals surface area contributed by atoms with Crippen molar-refractivity contribution in [1.29, 1.82) is 0 Å². The van der Waals surface area contributed by atoms with Gasteiger partial charge in [0.2, 0.25) is 5.91 Å². The number of aromatic nitrogens is 2. The normalized spacial score (nSPS) is 14.1. The van der Waals surface area contributed by atoms with E-state index in [0.717, 1.165) is 28.1 Å². The van der Waals surface area contributed by atoms with Gasteiger partial charge in [0.25, 0.3) is 5.56 Å². The van der Waals surface area contributed by atoms with E-state index in [1.807, 2.05) is 29.8 Å². The molecule has 3 aromatic heterocycles. The lowest BCUT2D eigenvalue weighted by molar-refractivity contribution is -0.118. The van der Waals surface area contributed by atoms with Gasteiger partial charge in [-0.25, -0.2) is 4.98 Å². The van der Waals surface area contributed by atoms with Crippen LogP contribution in [0.5, 0.6) is 0 Å². The number of thioether (sulfide) groups is 1. The molecule has 4 rings (SSSR count). The van der Waals surface area contributed by atoms with Crippen LogP contribution in [0.15, 0.2) is 44.5 Å². The number of hydrogen-bond acceptors (Lipinski definition) is 6. The number of amides is 1. The summed E-state index contributed by atoms with van der Waals surface area (Å²) in [7, 11) is 0. The minimum Gasteiger partial charge on any atom is -0.355 e. The molecule has 0 fully saturated rings. The Morgan fingerprint density at radius 1 is 1.33 bits per heavy atom. The van der Waals surface area contributed by atoms with Gasteiger partial charge in [-0.05, 0) is 50.5 Å². The summed E-state index contributed by atoms with van der Waals surface area (Å²) in [6.07, 6.45) is 8.11. The molecular formula is C22H25N3O2S3. The molecule has 8 heteroatoms. The molecule has 3 aromatic rings. The lowest BCUT2D eigenvalue weighted by Gasteiger charge is -2.13. The number of carbonyl (C=O) groups excluding carboxylic acids is 1. The smallest absolute Gasteiger partial charge is 0.263 e. The quantitative estimate of drug-likeness (QED) is 0.282. The van der Waals surface area contributed by atoms with Gasteiger partial charge in [-0.1, -0.05) is 29.5 Å². The highest BCUT2D eigenvalue weighted by atomic mass is 32.2. The van der Waals surface area contributed by atoms with Crippen LogP contribution in [-0.2, 0) is 11.3 Å². The topological polar surface area (TPSA) is 64.0 Å². The molecule has 1 aliphatic carbocycles. The van der Waals surface area contributed by atoms with Crippen LogP contribution in [0.4, 0.5) is 0 Å². The summed E-state index contributed by atoms with van der Waals surface area (Å²) >= 11 is 4.44. The Balaban J connectivity index is 1.44. The molecule has 0 unspecified atom stereocenters. The summed E-state index contributed by atoms with van der Waals surface area (Å²) in [5, 5.41) is 8.31. The first-order chi connectivity index (χ1) is 14.7. The van der Waals surface area contributed by atoms with Crippen molar-refractivity contribution >= 4 is 50.6 Å². The molecule has 0 bridgehead atoms. The van der Waals surface area contributed by atoms with E-state index in [9.17, 15) is 9.59 Å². The van der Waals surface area contributed by atoms with Crippen molar-refractivity contribution < 1.29 is 4.79 Å². The van der Waals surface area contributed by atoms with E-state index in [-0.39, 0.29) is 17.2 Å². The molecule has 3 heterocycles. The van der Waals surface area contributed by atoms with Gasteiger partial charge in [-0.3, -0.25) is 14.2 Å². The molecule has 0 saturated heterocycles. The Morgan fingerprint density at radius 3 is 2.97 bits per heavy atom. The van der Waals surface area contributed by atoms with E-state index in [1.54, 1.807) is 15.9 Å². The minimum absolute atomic E-state index is 0.0149. The first-order valence-electron chi connectivity index (χ1n) is 10.3. The summed E-state index contributed by atoms with van der Waals surface area (Å²) in [6, 6.07) is 4.02. The first kappa shape index (κ1) is 21.3. The monoisotopic (exact) mass is 459 g/mol. The number of carbonyl (C=O) groups is 1. The summed E-state index contributed by atoms with van der Waals surface area (Å²) in [5.74, 6) is 0.249. The standard InChI is InChI=1S/C22H25N3O2S3/c1-2-25-21(27)19-16(17-9-6-12-28-17)13-29-20(19)24-22(25)30-14-18(26)23-11-10-15-7-4-3-5-8-15/h6-7,9,12-13H,2-5,8,10-11,14H2,1H3,(H,23,26). The SMILES string of the molecule is CCn1c(SCC(=O)NCCC2=CCCCC2)nc2scc(-c3cccs3)c2c1=O. The van der Waals surface area contributed by atoms with Crippen molar-refractivity contribution in [1.82, 2.24) is 14.9 Å². The van der Waals surface area contributed by atoms with Crippen molar-refractivity contribution in [2.24, 2.45) is 0 Å². The van der Waals surface area contributed by atoms with Gasteiger partial charge in [0.05, 0.1) is 11.1 Å². The Hall–Kier alpha value is -1.90. The summed E-state index contributed by atoms with van der Waals surface area (Å²) in [6.45, 7) is 3.14. The fourth-order valence-corrected chi connectivity index (χ4v) is 6.38. The molecule has 1 amide bonds. The molecule has 5 nitrogen and oxygen atoms in total. The molecule has 1 aliphatic rings. The molecule has 0 atom stereocenters. The largest absolute Gasteiger partial charge is 0.355 e. The predicted molar refractivity (Wildman–Crippen MR) is 128 cm³/mol. The summed E-state index contributed by atoms with van der Waals surface area (Å²) in [5.41, 5.74) is 2.38. The van der Waals surface area contributed by atoms with E-state index >= 15 is 0 Å². The maximum absolute atomic E-state index is 13.2. The predicted octanol–water partition coefficient (Wildman–Crippen LogP) is 5.31. The second-order valence-electron chi connectivity index (χ2n) is 7.25. The second kappa shape index (κ2) is 9.94. The average molecular weight is 460 g/mol. The zero-order valence-corrected chi connectivity index (χ0v) is 19.4. The zero-order chi connectivity index (χ0) is 20.9. The lowest BCUT2D eigenvalue weighted by atomic mass is 9.97. The van der Waals surface area contributed by atoms with Crippen LogP contribution in [0.3, 0.4) is 0 Å². The molecule has 158 valence electrons.